The van der Waals surface area contributed by atoms with Gasteiger partial charge in [0, 0.05) is 5.56 Å². The minimum absolute atomic E-state index is 0.352. The van der Waals surface area contributed by atoms with Crippen molar-refractivity contribution >= 4 is 0 Å². The molecule has 1 aliphatic carbocycles. The first-order valence-electron chi connectivity index (χ1n) is 5.65. The van der Waals surface area contributed by atoms with E-state index in [9.17, 15) is 0 Å². The lowest BCUT2D eigenvalue weighted by molar-refractivity contribution is 0.495. The Hall–Kier alpha value is -1.02. The maximum absolute atomic E-state index is 5.59. The first-order valence-corrected chi connectivity index (χ1v) is 5.65. The van der Waals surface area contributed by atoms with Gasteiger partial charge in [0.25, 0.3) is 0 Å². The van der Waals surface area contributed by atoms with Crippen LogP contribution in [0.15, 0.2) is 22.1 Å². The first kappa shape index (κ1) is 10.5. The van der Waals surface area contributed by atoms with Gasteiger partial charge in [0.1, 0.15) is 11.5 Å². The van der Waals surface area contributed by atoms with Gasteiger partial charge in [-0.1, -0.05) is 11.6 Å². The number of hydrogen-bond donors (Lipinski definition) is 1. The van der Waals surface area contributed by atoms with E-state index < -0.39 is 0 Å². The minimum atomic E-state index is 0.352. The third-order valence-electron chi connectivity index (χ3n) is 3.13. The maximum atomic E-state index is 5.59. The Morgan fingerprint density at radius 1 is 1.40 bits per heavy atom. The van der Waals surface area contributed by atoms with E-state index in [1.165, 1.54) is 30.4 Å². The normalized spacial score (nSPS) is 17.9. The Kier molecular flexibility index (Phi) is 2.96. The molecule has 1 unspecified atom stereocenters. The van der Waals surface area contributed by atoms with Crippen molar-refractivity contribution in [3.05, 3.63) is 34.8 Å². The molecule has 1 heterocycles. The van der Waals surface area contributed by atoms with Crippen molar-refractivity contribution in [3.8, 4) is 0 Å². The minimum Gasteiger partial charge on any atom is -0.466 e. The summed E-state index contributed by atoms with van der Waals surface area (Å²) >= 11 is 0. The first-order chi connectivity index (χ1) is 7.22. The average Bonchev–Trinajstić information content (AvgIpc) is 2.79. The number of hydrogen-bond acceptors (Lipinski definition) is 2. The third kappa shape index (κ3) is 2.00. The lowest BCUT2D eigenvalue weighted by Crippen LogP contribution is -2.18. The van der Waals surface area contributed by atoms with Gasteiger partial charge in [-0.15, -0.1) is 0 Å². The van der Waals surface area contributed by atoms with E-state index in [1.807, 2.05) is 20.9 Å². The average molecular weight is 205 g/mol. The summed E-state index contributed by atoms with van der Waals surface area (Å²) < 4.78 is 5.59. The molecular formula is C13H19NO. The van der Waals surface area contributed by atoms with Gasteiger partial charge in [-0.3, -0.25) is 0 Å². The molecule has 1 atom stereocenters. The molecule has 2 nitrogen and oxygen atoms in total. The zero-order chi connectivity index (χ0) is 10.8. The number of likely N-dealkylation sites (N-methyl/N-ethyl adjacent to an activating group) is 1. The summed E-state index contributed by atoms with van der Waals surface area (Å²) in [5, 5.41) is 3.39. The van der Waals surface area contributed by atoms with Crippen LogP contribution in [0.2, 0.25) is 0 Å². The van der Waals surface area contributed by atoms with E-state index >= 15 is 0 Å². The maximum Gasteiger partial charge on any atom is 0.106 e. The lowest BCUT2D eigenvalue weighted by Gasteiger charge is -2.17. The fraction of sp³-hybridized carbons (Fsp3) is 0.538. The summed E-state index contributed by atoms with van der Waals surface area (Å²) in [4.78, 5) is 0. The summed E-state index contributed by atoms with van der Waals surface area (Å²) in [6.07, 6.45) is 6.10. The number of furan rings is 1. The summed E-state index contributed by atoms with van der Waals surface area (Å²) in [5.74, 6) is 2.04. The summed E-state index contributed by atoms with van der Waals surface area (Å²) in [6.45, 7) is 4.05. The SMILES string of the molecule is CNC(C1=CCCC1)c1cc(C)oc1C. The molecule has 1 aromatic rings. The Bertz CT molecular complexity index is 376. The molecule has 15 heavy (non-hydrogen) atoms. The van der Waals surface area contributed by atoms with Gasteiger partial charge in [0.15, 0.2) is 0 Å². The monoisotopic (exact) mass is 205 g/mol. The van der Waals surface area contributed by atoms with Crippen LogP contribution < -0.4 is 5.32 Å². The van der Waals surface area contributed by atoms with E-state index in [-0.39, 0.29) is 0 Å². The zero-order valence-electron chi connectivity index (χ0n) is 9.76. The van der Waals surface area contributed by atoms with Gasteiger partial charge >= 0.3 is 0 Å². The number of aryl methyl sites for hydroxylation is 2. The van der Waals surface area contributed by atoms with E-state index in [0.29, 0.717) is 6.04 Å². The molecular weight excluding hydrogens is 186 g/mol. The van der Waals surface area contributed by atoms with Crippen molar-refractivity contribution in [2.75, 3.05) is 7.05 Å². The second kappa shape index (κ2) is 4.23. The smallest absolute Gasteiger partial charge is 0.106 e. The predicted octanol–water partition coefficient (Wildman–Crippen LogP) is 3.27. The van der Waals surface area contributed by atoms with Crippen LogP contribution in [0, 0.1) is 13.8 Å². The molecule has 0 saturated carbocycles. The van der Waals surface area contributed by atoms with Crippen LogP contribution in [0.4, 0.5) is 0 Å². The van der Waals surface area contributed by atoms with Crippen LogP contribution in [0.1, 0.15) is 42.4 Å². The van der Waals surface area contributed by atoms with Crippen molar-refractivity contribution in [1.82, 2.24) is 5.32 Å². The van der Waals surface area contributed by atoms with E-state index in [2.05, 4.69) is 17.5 Å². The molecule has 0 amide bonds. The van der Waals surface area contributed by atoms with Crippen LogP contribution in [0.5, 0.6) is 0 Å². The molecule has 0 spiro atoms. The van der Waals surface area contributed by atoms with Crippen LogP contribution in [0.25, 0.3) is 0 Å². The third-order valence-corrected chi connectivity index (χ3v) is 3.13. The largest absolute Gasteiger partial charge is 0.466 e. The fourth-order valence-corrected chi connectivity index (χ4v) is 2.44. The van der Waals surface area contributed by atoms with Gasteiger partial charge in [0.05, 0.1) is 6.04 Å². The number of allylic oxidation sites excluding steroid dienone is 1. The Labute approximate surface area is 91.4 Å². The second-order valence-electron chi connectivity index (χ2n) is 4.26. The lowest BCUT2D eigenvalue weighted by atomic mass is 9.98. The quantitative estimate of drug-likeness (QED) is 0.766. The topological polar surface area (TPSA) is 25.2 Å². The highest BCUT2D eigenvalue weighted by Crippen LogP contribution is 2.33. The van der Waals surface area contributed by atoms with E-state index in [0.717, 1.165) is 11.5 Å². The van der Waals surface area contributed by atoms with Gasteiger partial charge in [0.2, 0.25) is 0 Å². The number of rotatable bonds is 3. The molecule has 0 radical (unpaired) electrons. The van der Waals surface area contributed by atoms with Crippen LogP contribution in [-0.2, 0) is 0 Å². The van der Waals surface area contributed by atoms with E-state index in [4.69, 9.17) is 4.42 Å². The van der Waals surface area contributed by atoms with Gasteiger partial charge in [-0.05, 0) is 46.2 Å². The molecule has 0 fully saturated rings. The van der Waals surface area contributed by atoms with Gasteiger partial charge in [-0.2, -0.15) is 0 Å². The molecule has 2 heteroatoms. The fourth-order valence-electron chi connectivity index (χ4n) is 2.44. The Balaban J connectivity index is 2.29. The van der Waals surface area contributed by atoms with Crippen molar-refractivity contribution in [2.45, 2.75) is 39.2 Å². The molecule has 0 saturated heterocycles. The molecule has 0 aromatic carbocycles. The van der Waals surface area contributed by atoms with Gasteiger partial charge < -0.3 is 9.73 Å². The second-order valence-corrected chi connectivity index (χ2v) is 4.26. The molecule has 1 aromatic heterocycles. The van der Waals surface area contributed by atoms with E-state index in [1.54, 1.807) is 0 Å². The van der Waals surface area contributed by atoms with Crippen molar-refractivity contribution in [2.24, 2.45) is 0 Å². The summed E-state index contributed by atoms with van der Waals surface area (Å²) in [7, 11) is 2.02. The predicted molar refractivity (Wildman–Crippen MR) is 61.9 cm³/mol. The summed E-state index contributed by atoms with van der Waals surface area (Å²) in [6, 6.07) is 2.50. The standard InChI is InChI=1S/C13H19NO/c1-9-8-12(10(2)15-9)13(14-3)11-6-4-5-7-11/h6,8,13-14H,4-5,7H2,1-3H3. The van der Waals surface area contributed by atoms with Crippen molar-refractivity contribution in [1.29, 1.82) is 0 Å². The van der Waals surface area contributed by atoms with Crippen LogP contribution >= 0.6 is 0 Å². The van der Waals surface area contributed by atoms with Crippen molar-refractivity contribution < 1.29 is 4.42 Å². The van der Waals surface area contributed by atoms with Crippen LogP contribution in [0.3, 0.4) is 0 Å². The molecule has 82 valence electrons. The molecule has 1 aliphatic rings. The highest BCUT2D eigenvalue weighted by atomic mass is 16.3. The molecule has 2 rings (SSSR count). The highest BCUT2D eigenvalue weighted by molar-refractivity contribution is 5.32. The molecule has 1 N–H and O–H groups in total. The zero-order valence-corrected chi connectivity index (χ0v) is 9.76. The Morgan fingerprint density at radius 3 is 2.67 bits per heavy atom. The summed E-state index contributed by atoms with van der Waals surface area (Å²) in [5.41, 5.74) is 2.81. The number of nitrogens with one attached hydrogen (secondary N) is 1. The van der Waals surface area contributed by atoms with Crippen molar-refractivity contribution in [3.63, 3.8) is 0 Å². The Morgan fingerprint density at radius 2 is 2.20 bits per heavy atom. The van der Waals surface area contributed by atoms with Crippen LogP contribution in [-0.4, -0.2) is 7.05 Å². The highest BCUT2D eigenvalue weighted by Gasteiger charge is 2.21. The molecule has 0 aliphatic heterocycles. The molecule has 0 bridgehead atoms. The van der Waals surface area contributed by atoms with Gasteiger partial charge in [-0.25, -0.2) is 0 Å².